The van der Waals surface area contributed by atoms with Gasteiger partial charge in [-0.2, -0.15) is 0 Å². The predicted molar refractivity (Wildman–Crippen MR) is 76.3 cm³/mol. The Morgan fingerprint density at radius 3 is 2.84 bits per heavy atom. The molecule has 0 radical (unpaired) electrons. The first-order valence-electron chi connectivity index (χ1n) is 6.98. The van der Waals surface area contributed by atoms with Crippen LogP contribution in [0.3, 0.4) is 0 Å². The van der Waals surface area contributed by atoms with E-state index >= 15 is 0 Å². The van der Waals surface area contributed by atoms with Gasteiger partial charge in [-0.05, 0) is 43.7 Å². The molecule has 0 aliphatic heterocycles. The molecular formula is C16H23NO2. The van der Waals surface area contributed by atoms with Crippen molar-refractivity contribution in [3.05, 3.63) is 29.3 Å². The topological polar surface area (TPSA) is 49.3 Å². The first-order valence-corrected chi connectivity index (χ1v) is 6.98. The van der Waals surface area contributed by atoms with Gasteiger partial charge >= 0.3 is 0 Å². The van der Waals surface area contributed by atoms with E-state index < -0.39 is 0 Å². The largest absolute Gasteiger partial charge is 0.508 e. The van der Waals surface area contributed by atoms with E-state index in [1.54, 1.807) is 25.1 Å². The summed E-state index contributed by atoms with van der Waals surface area (Å²) in [7, 11) is 0. The monoisotopic (exact) mass is 261 g/mol. The summed E-state index contributed by atoms with van der Waals surface area (Å²) in [4.78, 5) is 12.3. The van der Waals surface area contributed by atoms with Crippen molar-refractivity contribution in [3.8, 4) is 5.75 Å². The Bertz CT molecular complexity index is 480. The zero-order valence-corrected chi connectivity index (χ0v) is 12.0. The summed E-state index contributed by atoms with van der Waals surface area (Å²) < 4.78 is 0. The number of carbonyl (C=O) groups excluding carboxylic acids is 1. The maximum absolute atomic E-state index is 12.3. The Kier molecular flexibility index (Phi) is 3.83. The SMILES string of the molecule is Cc1c(O)cccc1C(=O)NC1CCCC(C)(C)C1. The van der Waals surface area contributed by atoms with Gasteiger partial charge in [0.15, 0.2) is 0 Å². The number of benzene rings is 1. The minimum atomic E-state index is -0.0731. The second-order valence-electron chi connectivity index (χ2n) is 6.38. The number of hydrogen-bond acceptors (Lipinski definition) is 2. The van der Waals surface area contributed by atoms with Crippen molar-refractivity contribution in [3.63, 3.8) is 0 Å². The summed E-state index contributed by atoms with van der Waals surface area (Å²) in [5.41, 5.74) is 1.53. The third kappa shape index (κ3) is 3.28. The average molecular weight is 261 g/mol. The average Bonchev–Trinajstić information content (AvgIpc) is 2.31. The Morgan fingerprint density at radius 2 is 2.16 bits per heavy atom. The first kappa shape index (κ1) is 13.9. The third-order valence-corrected chi connectivity index (χ3v) is 4.09. The van der Waals surface area contributed by atoms with Crippen LogP contribution in [0.2, 0.25) is 0 Å². The molecule has 1 fully saturated rings. The van der Waals surface area contributed by atoms with Crippen LogP contribution in [0.4, 0.5) is 0 Å². The molecule has 3 nitrogen and oxygen atoms in total. The predicted octanol–water partition coefficient (Wildman–Crippen LogP) is 3.40. The number of amides is 1. The maximum atomic E-state index is 12.3. The fourth-order valence-electron chi connectivity index (χ4n) is 2.95. The van der Waals surface area contributed by atoms with Gasteiger partial charge in [0.2, 0.25) is 0 Å². The quantitative estimate of drug-likeness (QED) is 0.857. The molecule has 0 aromatic heterocycles. The van der Waals surface area contributed by atoms with Crippen molar-refractivity contribution in [2.24, 2.45) is 5.41 Å². The summed E-state index contributed by atoms with van der Waals surface area (Å²) in [6.07, 6.45) is 4.46. The second-order valence-corrected chi connectivity index (χ2v) is 6.38. The van der Waals surface area contributed by atoms with E-state index in [4.69, 9.17) is 0 Å². The summed E-state index contributed by atoms with van der Waals surface area (Å²) in [5.74, 6) is 0.104. The molecule has 2 rings (SSSR count). The highest BCUT2D eigenvalue weighted by atomic mass is 16.3. The zero-order valence-electron chi connectivity index (χ0n) is 12.0. The standard InChI is InChI=1S/C16H23NO2/c1-11-13(7-4-8-14(11)18)15(19)17-12-6-5-9-16(2,3)10-12/h4,7-8,12,18H,5-6,9-10H2,1-3H3,(H,17,19). The van der Waals surface area contributed by atoms with Crippen molar-refractivity contribution in [2.45, 2.75) is 52.5 Å². The molecule has 1 aliphatic carbocycles. The lowest BCUT2D eigenvalue weighted by Crippen LogP contribution is -2.40. The van der Waals surface area contributed by atoms with Crippen LogP contribution in [-0.4, -0.2) is 17.1 Å². The van der Waals surface area contributed by atoms with Crippen LogP contribution in [0.1, 0.15) is 55.5 Å². The lowest BCUT2D eigenvalue weighted by molar-refractivity contribution is 0.0901. The third-order valence-electron chi connectivity index (χ3n) is 4.09. The molecule has 104 valence electrons. The number of rotatable bonds is 2. The van der Waals surface area contributed by atoms with E-state index in [0.29, 0.717) is 16.5 Å². The van der Waals surface area contributed by atoms with Gasteiger partial charge in [-0.25, -0.2) is 0 Å². The number of nitrogens with one attached hydrogen (secondary N) is 1. The van der Waals surface area contributed by atoms with Crippen LogP contribution in [0.25, 0.3) is 0 Å². The molecule has 19 heavy (non-hydrogen) atoms. The molecule has 3 heteroatoms. The molecule has 1 unspecified atom stereocenters. The fourth-order valence-corrected chi connectivity index (χ4v) is 2.95. The first-order chi connectivity index (χ1) is 8.89. The lowest BCUT2D eigenvalue weighted by Gasteiger charge is -2.35. The number of carbonyl (C=O) groups is 1. The highest BCUT2D eigenvalue weighted by Gasteiger charge is 2.29. The Balaban J connectivity index is 2.07. The van der Waals surface area contributed by atoms with Gasteiger partial charge in [0.05, 0.1) is 0 Å². The summed E-state index contributed by atoms with van der Waals surface area (Å²) in [5, 5.41) is 12.8. The smallest absolute Gasteiger partial charge is 0.251 e. The van der Waals surface area contributed by atoms with Crippen molar-refractivity contribution >= 4 is 5.91 Å². The second kappa shape index (κ2) is 5.24. The van der Waals surface area contributed by atoms with E-state index in [9.17, 15) is 9.90 Å². The van der Waals surface area contributed by atoms with E-state index in [0.717, 1.165) is 19.3 Å². The van der Waals surface area contributed by atoms with Crippen LogP contribution in [0.5, 0.6) is 5.75 Å². The minimum absolute atomic E-state index is 0.0731. The molecule has 0 saturated heterocycles. The van der Waals surface area contributed by atoms with Crippen LogP contribution in [0, 0.1) is 12.3 Å². The molecule has 1 aromatic rings. The van der Waals surface area contributed by atoms with Crippen molar-refractivity contribution in [1.82, 2.24) is 5.32 Å². The van der Waals surface area contributed by atoms with Crippen molar-refractivity contribution in [1.29, 1.82) is 0 Å². The molecule has 0 spiro atoms. The van der Waals surface area contributed by atoms with Crippen LogP contribution >= 0.6 is 0 Å². The molecule has 1 saturated carbocycles. The number of hydrogen-bond donors (Lipinski definition) is 2. The molecule has 0 heterocycles. The lowest BCUT2D eigenvalue weighted by atomic mass is 9.75. The highest BCUT2D eigenvalue weighted by Crippen LogP contribution is 2.35. The number of aromatic hydroxyl groups is 1. The zero-order chi connectivity index (χ0) is 14.0. The molecule has 2 N–H and O–H groups in total. The minimum Gasteiger partial charge on any atom is -0.508 e. The molecule has 1 aromatic carbocycles. The van der Waals surface area contributed by atoms with Gasteiger partial charge in [-0.15, -0.1) is 0 Å². The maximum Gasteiger partial charge on any atom is 0.251 e. The van der Waals surface area contributed by atoms with E-state index in [2.05, 4.69) is 19.2 Å². The number of phenolic OH excluding ortho intramolecular Hbond substituents is 1. The normalized spacial score (nSPS) is 21.9. The highest BCUT2D eigenvalue weighted by molar-refractivity contribution is 5.96. The van der Waals surface area contributed by atoms with Crippen LogP contribution < -0.4 is 5.32 Å². The van der Waals surface area contributed by atoms with Gasteiger partial charge in [0.25, 0.3) is 5.91 Å². The molecule has 1 amide bonds. The molecule has 0 bridgehead atoms. The van der Waals surface area contributed by atoms with Gasteiger partial charge in [-0.3, -0.25) is 4.79 Å². The Labute approximate surface area is 115 Å². The molecular weight excluding hydrogens is 238 g/mol. The van der Waals surface area contributed by atoms with E-state index in [1.807, 2.05) is 0 Å². The van der Waals surface area contributed by atoms with Crippen LogP contribution in [0.15, 0.2) is 18.2 Å². The summed E-state index contributed by atoms with van der Waals surface area (Å²) in [6, 6.07) is 5.33. The van der Waals surface area contributed by atoms with Gasteiger partial charge < -0.3 is 10.4 Å². The van der Waals surface area contributed by atoms with Crippen molar-refractivity contribution < 1.29 is 9.90 Å². The Morgan fingerprint density at radius 1 is 1.42 bits per heavy atom. The van der Waals surface area contributed by atoms with E-state index in [1.165, 1.54) is 6.42 Å². The van der Waals surface area contributed by atoms with Gasteiger partial charge in [-0.1, -0.05) is 26.3 Å². The number of phenols is 1. The molecule has 1 aliphatic rings. The van der Waals surface area contributed by atoms with Crippen molar-refractivity contribution in [2.75, 3.05) is 0 Å². The molecule has 1 atom stereocenters. The van der Waals surface area contributed by atoms with Crippen LogP contribution in [-0.2, 0) is 0 Å². The van der Waals surface area contributed by atoms with Gasteiger partial charge in [0.1, 0.15) is 5.75 Å². The summed E-state index contributed by atoms with van der Waals surface area (Å²) in [6.45, 7) is 6.28. The van der Waals surface area contributed by atoms with E-state index in [-0.39, 0.29) is 17.7 Å². The summed E-state index contributed by atoms with van der Waals surface area (Å²) >= 11 is 0. The Hall–Kier alpha value is -1.51. The fraction of sp³-hybridized carbons (Fsp3) is 0.562. The van der Waals surface area contributed by atoms with Gasteiger partial charge in [0, 0.05) is 17.2 Å².